The number of sulfonamides is 1. The monoisotopic (exact) mass is 350 g/mol. The van der Waals surface area contributed by atoms with E-state index in [1.54, 1.807) is 22.7 Å². The van der Waals surface area contributed by atoms with Crippen LogP contribution in [-0.4, -0.2) is 37.9 Å². The molecule has 0 saturated carbocycles. The first-order valence-electron chi connectivity index (χ1n) is 7.19. The summed E-state index contributed by atoms with van der Waals surface area (Å²) in [6, 6.07) is 2.95. The summed E-state index contributed by atoms with van der Waals surface area (Å²) in [7, 11) is -1.60. The second-order valence-corrected chi connectivity index (χ2v) is 9.49. The summed E-state index contributed by atoms with van der Waals surface area (Å²) in [5.74, 6) is 0. The van der Waals surface area contributed by atoms with Crippen LogP contribution in [-0.2, 0) is 10.0 Å². The van der Waals surface area contributed by atoms with Gasteiger partial charge in [-0.1, -0.05) is 0 Å². The second-order valence-electron chi connectivity index (χ2n) is 6.06. The molecular formula is C14H23ClN2O2S2. The summed E-state index contributed by atoms with van der Waals surface area (Å²) in [6.45, 7) is 3.85. The van der Waals surface area contributed by atoms with E-state index in [1.165, 1.54) is 12.8 Å². The molecule has 2 fully saturated rings. The fourth-order valence-corrected chi connectivity index (χ4v) is 6.44. The third-order valence-electron chi connectivity index (χ3n) is 4.61. The van der Waals surface area contributed by atoms with Crippen molar-refractivity contribution in [3.8, 4) is 0 Å². The number of rotatable bonds is 3. The summed E-state index contributed by atoms with van der Waals surface area (Å²) >= 11 is 1.56. The Bertz CT molecular complexity index is 602. The summed E-state index contributed by atoms with van der Waals surface area (Å²) in [5.41, 5.74) is 0. The molecule has 2 unspecified atom stereocenters. The zero-order chi connectivity index (χ0) is 14.5. The van der Waals surface area contributed by atoms with E-state index in [1.807, 2.05) is 19.9 Å². The SMILES string of the molecule is Cc1cc(S(=O)(=O)N(C)C2CC3CCC(C2)N3)c(C)s1.Cl. The quantitative estimate of drug-likeness (QED) is 0.911. The molecule has 2 bridgehead atoms. The zero-order valence-corrected chi connectivity index (χ0v) is 15.1. The van der Waals surface area contributed by atoms with Crippen molar-refractivity contribution in [1.82, 2.24) is 9.62 Å². The minimum Gasteiger partial charge on any atom is -0.311 e. The predicted octanol–water partition coefficient (Wildman–Crippen LogP) is 2.69. The van der Waals surface area contributed by atoms with Gasteiger partial charge in [-0.15, -0.1) is 23.7 Å². The van der Waals surface area contributed by atoms with E-state index in [2.05, 4.69) is 5.32 Å². The van der Waals surface area contributed by atoms with Gasteiger partial charge in [0.15, 0.2) is 0 Å². The van der Waals surface area contributed by atoms with Crippen LogP contribution >= 0.6 is 23.7 Å². The molecule has 3 heterocycles. The van der Waals surface area contributed by atoms with Gasteiger partial charge in [0.25, 0.3) is 0 Å². The van der Waals surface area contributed by atoms with Gasteiger partial charge in [0, 0.05) is 34.9 Å². The molecule has 2 atom stereocenters. The minimum atomic E-state index is -3.35. The first-order chi connectivity index (χ1) is 9.38. The van der Waals surface area contributed by atoms with E-state index in [0.29, 0.717) is 17.0 Å². The number of thiophene rings is 1. The lowest BCUT2D eigenvalue weighted by Crippen LogP contribution is -2.48. The first-order valence-corrected chi connectivity index (χ1v) is 9.44. The highest BCUT2D eigenvalue weighted by atomic mass is 35.5. The van der Waals surface area contributed by atoms with Crippen molar-refractivity contribution in [2.24, 2.45) is 0 Å². The van der Waals surface area contributed by atoms with Gasteiger partial charge in [0.2, 0.25) is 10.0 Å². The number of fused-ring (bicyclic) bond motifs is 2. The van der Waals surface area contributed by atoms with E-state index in [4.69, 9.17) is 0 Å². The lowest BCUT2D eigenvalue weighted by atomic mass is 10.0. The number of nitrogens with one attached hydrogen (secondary N) is 1. The van der Waals surface area contributed by atoms with Crippen LogP contribution in [0.2, 0.25) is 0 Å². The third-order valence-corrected chi connectivity index (χ3v) is 7.75. The summed E-state index contributed by atoms with van der Waals surface area (Å²) < 4.78 is 27.2. The minimum absolute atomic E-state index is 0. The van der Waals surface area contributed by atoms with E-state index in [0.717, 1.165) is 22.6 Å². The molecule has 7 heteroatoms. The van der Waals surface area contributed by atoms with Gasteiger partial charge in [0.05, 0.1) is 4.90 Å². The van der Waals surface area contributed by atoms with Crippen LogP contribution in [0.5, 0.6) is 0 Å². The van der Waals surface area contributed by atoms with Crippen LogP contribution in [0.1, 0.15) is 35.4 Å². The van der Waals surface area contributed by atoms with Crippen LogP contribution in [0.25, 0.3) is 0 Å². The maximum Gasteiger partial charge on any atom is 0.244 e. The maximum atomic E-state index is 12.8. The van der Waals surface area contributed by atoms with Crippen molar-refractivity contribution in [2.45, 2.75) is 62.6 Å². The molecule has 120 valence electrons. The third kappa shape index (κ3) is 3.15. The highest BCUT2D eigenvalue weighted by Crippen LogP contribution is 2.33. The summed E-state index contributed by atoms with van der Waals surface area (Å²) in [5, 5.41) is 3.56. The molecule has 3 rings (SSSR count). The van der Waals surface area contributed by atoms with Crippen LogP contribution < -0.4 is 5.32 Å². The van der Waals surface area contributed by atoms with Crippen LogP contribution in [0.4, 0.5) is 0 Å². The van der Waals surface area contributed by atoms with E-state index in [-0.39, 0.29) is 18.4 Å². The molecule has 0 radical (unpaired) electrons. The van der Waals surface area contributed by atoms with Crippen molar-refractivity contribution in [3.63, 3.8) is 0 Å². The number of halogens is 1. The molecule has 1 aromatic heterocycles. The molecule has 0 aliphatic carbocycles. The van der Waals surface area contributed by atoms with Crippen LogP contribution in [0.15, 0.2) is 11.0 Å². The Kier molecular flexibility index (Phi) is 5.05. The topological polar surface area (TPSA) is 49.4 Å². The Balaban J connectivity index is 0.00000161. The van der Waals surface area contributed by atoms with Crippen LogP contribution in [0.3, 0.4) is 0 Å². The summed E-state index contributed by atoms with van der Waals surface area (Å²) in [6.07, 6.45) is 4.25. The summed E-state index contributed by atoms with van der Waals surface area (Å²) in [4.78, 5) is 2.44. The number of piperidine rings is 1. The van der Waals surface area contributed by atoms with E-state index >= 15 is 0 Å². The van der Waals surface area contributed by atoms with Gasteiger partial charge >= 0.3 is 0 Å². The van der Waals surface area contributed by atoms with Crippen molar-refractivity contribution in [1.29, 1.82) is 0 Å². The molecule has 2 saturated heterocycles. The molecule has 1 aromatic rings. The number of aryl methyl sites for hydroxylation is 2. The Hall–Kier alpha value is -0.140. The molecule has 0 aromatic carbocycles. The van der Waals surface area contributed by atoms with Crippen LogP contribution in [0, 0.1) is 13.8 Å². The molecule has 21 heavy (non-hydrogen) atoms. The maximum absolute atomic E-state index is 12.8. The van der Waals surface area contributed by atoms with Crippen molar-refractivity contribution >= 4 is 33.8 Å². The molecule has 1 N–H and O–H groups in total. The smallest absolute Gasteiger partial charge is 0.244 e. The van der Waals surface area contributed by atoms with Gasteiger partial charge in [-0.2, -0.15) is 4.31 Å². The van der Waals surface area contributed by atoms with Crippen molar-refractivity contribution in [2.75, 3.05) is 7.05 Å². The molecule has 4 nitrogen and oxygen atoms in total. The van der Waals surface area contributed by atoms with Gasteiger partial charge < -0.3 is 5.32 Å². The number of nitrogens with zero attached hydrogens (tertiary/aromatic N) is 1. The molecule has 0 amide bonds. The fraction of sp³-hybridized carbons (Fsp3) is 0.714. The Labute approximate surface area is 137 Å². The normalized spacial score (nSPS) is 28.7. The standard InChI is InChI=1S/C14H22N2O2S2.ClH/c1-9-6-14(10(2)19-9)20(17,18)16(3)13-7-11-4-5-12(8-13)15-11;/h6,11-13,15H,4-5,7-8H2,1-3H3;1H. The zero-order valence-electron chi connectivity index (χ0n) is 12.6. The first kappa shape index (κ1) is 17.2. The van der Waals surface area contributed by atoms with E-state index in [9.17, 15) is 8.42 Å². The Morgan fingerprint density at radius 3 is 2.29 bits per heavy atom. The average Bonchev–Trinajstić information content (AvgIpc) is 2.90. The average molecular weight is 351 g/mol. The lowest BCUT2D eigenvalue weighted by molar-refractivity contribution is 0.251. The fourth-order valence-electron chi connectivity index (χ4n) is 3.54. The van der Waals surface area contributed by atoms with E-state index < -0.39 is 10.0 Å². The largest absolute Gasteiger partial charge is 0.311 e. The Morgan fingerprint density at radius 1 is 1.24 bits per heavy atom. The lowest BCUT2D eigenvalue weighted by Gasteiger charge is -2.34. The van der Waals surface area contributed by atoms with Crippen molar-refractivity contribution in [3.05, 3.63) is 15.8 Å². The molecule has 0 spiro atoms. The van der Waals surface area contributed by atoms with Gasteiger partial charge in [0.1, 0.15) is 0 Å². The molecule has 2 aliphatic rings. The predicted molar refractivity (Wildman–Crippen MR) is 89.0 cm³/mol. The van der Waals surface area contributed by atoms with Crippen molar-refractivity contribution < 1.29 is 8.42 Å². The molecule has 2 aliphatic heterocycles. The highest BCUT2D eigenvalue weighted by Gasteiger charge is 2.39. The number of hydrogen-bond acceptors (Lipinski definition) is 4. The Morgan fingerprint density at radius 2 is 1.81 bits per heavy atom. The van der Waals surface area contributed by atoms with Gasteiger partial charge in [-0.05, 0) is 45.6 Å². The highest BCUT2D eigenvalue weighted by molar-refractivity contribution is 7.89. The molecular weight excluding hydrogens is 328 g/mol. The van der Waals surface area contributed by atoms with Gasteiger partial charge in [-0.25, -0.2) is 8.42 Å². The second kappa shape index (κ2) is 6.16. The van der Waals surface area contributed by atoms with Gasteiger partial charge in [-0.3, -0.25) is 0 Å². The number of hydrogen-bond donors (Lipinski definition) is 1.